The van der Waals surface area contributed by atoms with Crippen molar-refractivity contribution in [3.63, 3.8) is 0 Å². The topological polar surface area (TPSA) is 67.2 Å². The number of amides is 2. The van der Waals surface area contributed by atoms with Crippen LogP contribution in [0.15, 0.2) is 66.5 Å². The maximum absolute atomic E-state index is 12.8. The standard InChI is InChI=1S/C21H18N4O2/c1-14-11-16(15(2)24(14)18-9-6-10-22-13-18)12-19-20(26)23-25(21(19)27)17-7-4-3-5-8-17/h3-13H,1-2H3,(H,23,26). The number of benzene rings is 1. The van der Waals surface area contributed by atoms with Crippen LogP contribution in [0.25, 0.3) is 11.8 Å². The van der Waals surface area contributed by atoms with Crippen LogP contribution in [0.4, 0.5) is 5.69 Å². The van der Waals surface area contributed by atoms with Crippen molar-refractivity contribution in [1.29, 1.82) is 0 Å². The van der Waals surface area contributed by atoms with E-state index in [1.54, 1.807) is 30.6 Å². The number of carbonyl (C=O) groups is 2. The highest BCUT2D eigenvalue weighted by Gasteiger charge is 2.34. The molecule has 1 fully saturated rings. The molecule has 1 aromatic carbocycles. The van der Waals surface area contributed by atoms with E-state index in [2.05, 4.69) is 10.4 Å². The molecule has 4 rings (SSSR count). The lowest BCUT2D eigenvalue weighted by molar-refractivity contribution is -0.117. The highest BCUT2D eigenvalue weighted by Crippen LogP contribution is 2.25. The molecule has 0 radical (unpaired) electrons. The highest BCUT2D eigenvalue weighted by molar-refractivity contribution is 6.31. The molecule has 0 unspecified atom stereocenters. The fraction of sp³-hybridized carbons (Fsp3) is 0.0952. The van der Waals surface area contributed by atoms with E-state index >= 15 is 0 Å². The average molecular weight is 358 g/mol. The number of aryl methyl sites for hydroxylation is 1. The summed E-state index contributed by atoms with van der Waals surface area (Å²) in [6.45, 7) is 3.94. The first-order chi connectivity index (χ1) is 13.1. The van der Waals surface area contributed by atoms with Gasteiger partial charge in [-0.3, -0.25) is 20.0 Å². The Morgan fingerprint density at radius 1 is 1.00 bits per heavy atom. The third-order valence-electron chi connectivity index (χ3n) is 4.58. The molecule has 3 aromatic rings. The molecule has 134 valence electrons. The molecule has 2 amide bonds. The number of anilines is 1. The van der Waals surface area contributed by atoms with E-state index in [0.29, 0.717) is 5.69 Å². The molecule has 2 aromatic heterocycles. The number of hydrogen-bond acceptors (Lipinski definition) is 3. The van der Waals surface area contributed by atoms with Crippen molar-refractivity contribution < 1.29 is 9.59 Å². The number of pyridine rings is 1. The molecule has 0 saturated carbocycles. The maximum Gasteiger partial charge on any atom is 0.282 e. The molecule has 1 N–H and O–H groups in total. The van der Waals surface area contributed by atoms with E-state index in [1.165, 1.54) is 5.01 Å². The summed E-state index contributed by atoms with van der Waals surface area (Å²) >= 11 is 0. The summed E-state index contributed by atoms with van der Waals surface area (Å²) in [5.41, 5.74) is 7.06. The van der Waals surface area contributed by atoms with Crippen molar-refractivity contribution in [3.8, 4) is 5.69 Å². The van der Waals surface area contributed by atoms with E-state index in [1.807, 2.05) is 54.8 Å². The van der Waals surface area contributed by atoms with Crippen LogP contribution >= 0.6 is 0 Å². The first-order valence-corrected chi connectivity index (χ1v) is 8.58. The fourth-order valence-corrected chi connectivity index (χ4v) is 3.29. The number of nitrogens with one attached hydrogen (secondary N) is 1. The molecule has 6 nitrogen and oxygen atoms in total. The molecule has 0 aliphatic carbocycles. The second kappa shape index (κ2) is 6.57. The average Bonchev–Trinajstić information content (AvgIpc) is 3.13. The molecular weight excluding hydrogens is 340 g/mol. The minimum Gasteiger partial charge on any atom is -0.316 e. The second-order valence-electron chi connectivity index (χ2n) is 6.35. The Bertz CT molecular complexity index is 1050. The molecule has 3 heterocycles. The van der Waals surface area contributed by atoms with Crippen LogP contribution in [-0.2, 0) is 9.59 Å². The van der Waals surface area contributed by atoms with Gasteiger partial charge >= 0.3 is 0 Å². The predicted molar refractivity (Wildman–Crippen MR) is 103 cm³/mol. The lowest BCUT2D eigenvalue weighted by Crippen LogP contribution is -2.35. The molecular formula is C21H18N4O2. The number of nitrogens with zero attached hydrogens (tertiary/aromatic N) is 3. The molecule has 6 heteroatoms. The van der Waals surface area contributed by atoms with Crippen LogP contribution in [0.3, 0.4) is 0 Å². The SMILES string of the molecule is Cc1cc(C=C2C(=O)NN(c3ccccc3)C2=O)c(C)n1-c1cccnc1. The van der Waals surface area contributed by atoms with Gasteiger partial charge in [0.05, 0.1) is 17.6 Å². The first-order valence-electron chi connectivity index (χ1n) is 8.58. The van der Waals surface area contributed by atoms with Gasteiger partial charge in [-0.05, 0) is 55.8 Å². The van der Waals surface area contributed by atoms with Gasteiger partial charge in [0.2, 0.25) is 0 Å². The molecule has 1 aliphatic heterocycles. The molecule has 27 heavy (non-hydrogen) atoms. The number of aromatic nitrogens is 2. The van der Waals surface area contributed by atoms with Gasteiger partial charge < -0.3 is 4.57 Å². The Kier molecular flexibility index (Phi) is 4.08. The van der Waals surface area contributed by atoms with Gasteiger partial charge in [0.25, 0.3) is 11.8 Å². The van der Waals surface area contributed by atoms with Crippen LogP contribution in [-0.4, -0.2) is 21.4 Å². The molecule has 0 atom stereocenters. The Morgan fingerprint density at radius 2 is 1.74 bits per heavy atom. The Labute approximate surface area is 156 Å². The van der Waals surface area contributed by atoms with E-state index in [-0.39, 0.29) is 11.5 Å². The molecule has 1 aliphatic rings. The first kappa shape index (κ1) is 16.8. The van der Waals surface area contributed by atoms with Gasteiger partial charge in [0.15, 0.2) is 0 Å². The van der Waals surface area contributed by atoms with E-state index in [9.17, 15) is 9.59 Å². The van der Waals surface area contributed by atoms with Gasteiger partial charge in [0, 0.05) is 17.6 Å². The van der Waals surface area contributed by atoms with Gasteiger partial charge in [-0.2, -0.15) is 0 Å². The zero-order chi connectivity index (χ0) is 19.0. The van der Waals surface area contributed by atoms with Crippen LogP contribution < -0.4 is 10.4 Å². The molecule has 0 spiro atoms. The van der Waals surface area contributed by atoms with Crippen LogP contribution in [0.2, 0.25) is 0 Å². The Morgan fingerprint density at radius 3 is 2.44 bits per heavy atom. The van der Waals surface area contributed by atoms with E-state index < -0.39 is 5.91 Å². The summed E-state index contributed by atoms with van der Waals surface area (Å²) in [6.07, 6.45) is 5.15. The highest BCUT2D eigenvalue weighted by atomic mass is 16.2. The van der Waals surface area contributed by atoms with Crippen molar-refractivity contribution in [1.82, 2.24) is 15.0 Å². The largest absolute Gasteiger partial charge is 0.316 e. The van der Waals surface area contributed by atoms with Crippen LogP contribution in [0, 0.1) is 13.8 Å². The maximum atomic E-state index is 12.8. The van der Waals surface area contributed by atoms with Gasteiger partial charge in [0.1, 0.15) is 5.57 Å². The zero-order valence-electron chi connectivity index (χ0n) is 15.0. The Balaban J connectivity index is 1.72. The molecule has 0 bridgehead atoms. The number of hydrazine groups is 1. The summed E-state index contributed by atoms with van der Waals surface area (Å²) in [4.78, 5) is 29.3. The van der Waals surface area contributed by atoms with Crippen molar-refractivity contribution in [2.45, 2.75) is 13.8 Å². The van der Waals surface area contributed by atoms with Crippen LogP contribution in [0.1, 0.15) is 17.0 Å². The number of para-hydroxylation sites is 1. The predicted octanol–water partition coefficient (Wildman–Crippen LogP) is 2.95. The zero-order valence-corrected chi connectivity index (χ0v) is 15.0. The summed E-state index contributed by atoms with van der Waals surface area (Å²) in [5, 5.41) is 1.27. The molecule has 1 saturated heterocycles. The number of rotatable bonds is 3. The van der Waals surface area contributed by atoms with Crippen molar-refractivity contribution >= 4 is 23.6 Å². The number of carbonyl (C=O) groups excluding carboxylic acids is 2. The second-order valence-corrected chi connectivity index (χ2v) is 6.35. The van der Waals surface area contributed by atoms with Crippen molar-refractivity contribution in [2.24, 2.45) is 0 Å². The smallest absolute Gasteiger partial charge is 0.282 e. The normalized spacial score (nSPS) is 15.5. The number of hydrogen-bond donors (Lipinski definition) is 1. The third kappa shape index (κ3) is 2.91. The summed E-state index contributed by atoms with van der Waals surface area (Å²) in [6, 6.07) is 14.8. The Hall–Kier alpha value is -3.67. The van der Waals surface area contributed by atoms with Crippen molar-refractivity contribution in [3.05, 3.63) is 83.4 Å². The van der Waals surface area contributed by atoms with Crippen molar-refractivity contribution in [2.75, 3.05) is 5.01 Å². The minimum atomic E-state index is -0.407. The monoisotopic (exact) mass is 358 g/mol. The summed E-state index contributed by atoms with van der Waals surface area (Å²) in [7, 11) is 0. The third-order valence-corrected chi connectivity index (χ3v) is 4.58. The van der Waals surface area contributed by atoms with Crippen LogP contribution in [0.5, 0.6) is 0 Å². The quantitative estimate of drug-likeness (QED) is 0.578. The van der Waals surface area contributed by atoms with Gasteiger partial charge in [-0.1, -0.05) is 18.2 Å². The minimum absolute atomic E-state index is 0.116. The lowest BCUT2D eigenvalue weighted by atomic mass is 10.1. The lowest BCUT2D eigenvalue weighted by Gasteiger charge is -2.13. The summed E-state index contributed by atoms with van der Waals surface area (Å²) < 4.78 is 2.05. The van der Waals surface area contributed by atoms with E-state index in [4.69, 9.17) is 0 Å². The summed E-state index contributed by atoms with van der Waals surface area (Å²) in [5.74, 6) is -0.771. The van der Waals surface area contributed by atoms with Gasteiger partial charge in [-0.25, -0.2) is 5.01 Å². The fourth-order valence-electron chi connectivity index (χ4n) is 3.29. The van der Waals surface area contributed by atoms with Gasteiger partial charge in [-0.15, -0.1) is 0 Å². The van der Waals surface area contributed by atoms with E-state index in [0.717, 1.165) is 22.6 Å².